The van der Waals surface area contributed by atoms with Crippen molar-refractivity contribution in [2.45, 2.75) is 57.9 Å². The predicted octanol–water partition coefficient (Wildman–Crippen LogP) is 2.33. The fourth-order valence-corrected chi connectivity index (χ4v) is 2.96. The molecule has 0 aromatic heterocycles. The molecule has 1 unspecified atom stereocenters. The number of carbonyl (C=O) groups is 2. The van der Waals surface area contributed by atoms with E-state index in [4.69, 9.17) is 0 Å². The average molecular weight is 252 g/mol. The van der Waals surface area contributed by atoms with Crippen molar-refractivity contribution in [2.75, 3.05) is 13.1 Å². The summed E-state index contributed by atoms with van der Waals surface area (Å²) in [6.45, 7) is 3.22. The smallest absolute Gasteiger partial charge is 0.317 e. The molecule has 1 aliphatic heterocycles. The molecule has 2 amide bonds. The maximum absolute atomic E-state index is 12.1. The number of nitrogens with one attached hydrogen (secondary N) is 1. The van der Waals surface area contributed by atoms with Gasteiger partial charge in [0, 0.05) is 31.5 Å². The number of ketones is 1. The van der Waals surface area contributed by atoms with Gasteiger partial charge >= 0.3 is 6.03 Å². The molecule has 1 N–H and O–H groups in total. The van der Waals surface area contributed by atoms with Crippen LogP contribution in [0.15, 0.2) is 0 Å². The first-order chi connectivity index (χ1) is 8.70. The lowest BCUT2D eigenvalue weighted by Gasteiger charge is -2.33. The van der Waals surface area contributed by atoms with Crippen molar-refractivity contribution < 1.29 is 9.59 Å². The summed E-state index contributed by atoms with van der Waals surface area (Å²) < 4.78 is 0. The lowest BCUT2D eigenvalue weighted by molar-refractivity contribution is -0.125. The van der Waals surface area contributed by atoms with Crippen molar-refractivity contribution in [3.8, 4) is 0 Å². The minimum Gasteiger partial charge on any atom is -0.335 e. The topological polar surface area (TPSA) is 49.4 Å². The second kappa shape index (κ2) is 6.21. The van der Waals surface area contributed by atoms with Gasteiger partial charge in [0.1, 0.15) is 5.78 Å². The molecular weight excluding hydrogens is 228 g/mol. The highest BCUT2D eigenvalue weighted by atomic mass is 16.2. The standard InChI is InChI=1S/C14H24N2O2/c1-2-11-10-16(9-8-13(11)17)14(18)15-12-6-4-3-5-7-12/h11-12H,2-10H2,1H3,(H,15,18). The van der Waals surface area contributed by atoms with E-state index in [1.165, 1.54) is 19.3 Å². The zero-order valence-electron chi connectivity index (χ0n) is 11.3. The number of likely N-dealkylation sites (tertiary alicyclic amines) is 1. The van der Waals surface area contributed by atoms with Crippen LogP contribution < -0.4 is 5.32 Å². The van der Waals surface area contributed by atoms with Crippen LogP contribution in [0.2, 0.25) is 0 Å². The van der Waals surface area contributed by atoms with Crippen LogP contribution in [-0.2, 0) is 4.79 Å². The number of carbonyl (C=O) groups excluding carboxylic acids is 2. The van der Waals surface area contributed by atoms with Gasteiger partial charge in [0.2, 0.25) is 0 Å². The number of piperidine rings is 1. The summed E-state index contributed by atoms with van der Waals surface area (Å²) in [7, 11) is 0. The Labute approximate surface area is 109 Å². The predicted molar refractivity (Wildman–Crippen MR) is 70.4 cm³/mol. The molecule has 0 bridgehead atoms. The first-order valence-corrected chi connectivity index (χ1v) is 7.29. The molecule has 18 heavy (non-hydrogen) atoms. The van der Waals surface area contributed by atoms with Crippen LogP contribution in [0.4, 0.5) is 4.79 Å². The van der Waals surface area contributed by atoms with Gasteiger partial charge in [0.15, 0.2) is 0 Å². The van der Waals surface area contributed by atoms with Crippen LogP contribution in [0, 0.1) is 5.92 Å². The minimum atomic E-state index is 0.0350. The molecule has 1 saturated carbocycles. The molecule has 0 spiro atoms. The summed E-state index contributed by atoms with van der Waals surface area (Å²) in [6, 6.07) is 0.386. The van der Waals surface area contributed by atoms with Gasteiger partial charge in [-0.15, -0.1) is 0 Å². The first-order valence-electron chi connectivity index (χ1n) is 7.29. The van der Waals surface area contributed by atoms with Crippen LogP contribution in [0.5, 0.6) is 0 Å². The molecule has 0 aromatic rings. The van der Waals surface area contributed by atoms with E-state index in [2.05, 4.69) is 5.32 Å². The molecule has 2 rings (SSSR count). The van der Waals surface area contributed by atoms with Crippen LogP contribution in [0.1, 0.15) is 51.9 Å². The second-order valence-corrected chi connectivity index (χ2v) is 5.55. The number of Topliss-reactive ketones (excluding diaryl/α,β-unsaturated/α-hetero) is 1. The molecule has 102 valence electrons. The summed E-state index contributed by atoms with van der Waals surface area (Å²) >= 11 is 0. The molecule has 2 aliphatic rings. The van der Waals surface area contributed by atoms with E-state index < -0.39 is 0 Å². The van der Waals surface area contributed by atoms with E-state index in [1.54, 1.807) is 0 Å². The highest BCUT2D eigenvalue weighted by molar-refractivity contribution is 5.84. The van der Waals surface area contributed by atoms with E-state index in [0.717, 1.165) is 19.3 Å². The third-order valence-electron chi connectivity index (χ3n) is 4.24. The molecule has 0 radical (unpaired) electrons. The van der Waals surface area contributed by atoms with Gasteiger partial charge in [-0.1, -0.05) is 26.2 Å². The van der Waals surface area contributed by atoms with Crippen LogP contribution in [-0.4, -0.2) is 35.8 Å². The zero-order chi connectivity index (χ0) is 13.0. The lowest BCUT2D eigenvalue weighted by Crippen LogP contribution is -2.51. The quantitative estimate of drug-likeness (QED) is 0.820. The Balaban J connectivity index is 1.83. The Kier molecular flexibility index (Phi) is 4.61. The molecule has 2 fully saturated rings. The fourth-order valence-electron chi connectivity index (χ4n) is 2.96. The van der Waals surface area contributed by atoms with Gasteiger partial charge in [0.05, 0.1) is 0 Å². The highest BCUT2D eigenvalue weighted by Gasteiger charge is 2.29. The Morgan fingerprint density at radius 2 is 2.06 bits per heavy atom. The van der Waals surface area contributed by atoms with Crippen LogP contribution in [0.25, 0.3) is 0 Å². The third kappa shape index (κ3) is 3.24. The number of nitrogens with zero attached hydrogens (tertiary/aromatic N) is 1. The zero-order valence-corrected chi connectivity index (χ0v) is 11.3. The molecule has 1 aliphatic carbocycles. The summed E-state index contributed by atoms with van der Waals surface area (Å²) in [5.74, 6) is 0.370. The van der Waals surface area contributed by atoms with Gasteiger partial charge < -0.3 is 10.2 Å². The van der Waals surface area contributed by atoms with Gasteiger partial charge in [-0.25, -0.2) is 4.79 Å². The largest absolute Gasteiger partial charge is 0.335 e. The maximum Gasteiger partial charge on any atom is 0.317 e. The summed E-state index contributed by atoms with van der Waals surface area (Å²) in [5, 5.41) is 3.12. The molecule has 4 heteroatoms. The third-order valence-corrected chi connectivity index (χ3v) is 4.24. The Morgan fingerprint density at radius 3 is 2.72 bits per heavy atom. The average Bonchev–Trinajstić information content (AvgIpc) is 2.40. The van der Waals surface area contributed by atoms with Gasteiger partial charge in [-0.3, -0.25) is 4.79 Å². The normalized spacial score (nSPS) is 26.2. The number of urea groups is 1. The van der Waals surface area contributed by atoms with Crippen molar-refractivity contribution in [1.29, 1.82) is 0 Å². The summed E-state index contributed by atoms with van der Waals surface area (Å²) in [4.78, 5) is 25.6. The maximum atomic E-state index is 12.1. The van der Waals surface area contributed by atoms with Crippen LogP contribution in [0.3, 0.4) is 0 Å². The second-order valence-electron chi connectivity index (χ2n) is 5.55. The van der Waals surface area contributed by atoms with Gasteiger partial charge in [-0.2, -0.15) is 0 Å². The molecule has 4 nitrogen and oxygen atoms in total. The van der Waals surface area contributed by atoms with Gasteiger partial charge in [-0.05, 0) is 19.3 Å². The molecule has 1 saturated heterocycles. The SMILES string of the molecule is CCC1CN(C(=O)NC2CCCCC2)CCC1=O. The molecule has 0 aromatic carbocycles. The first kappa shape index (κ1) is 13.4. The molecular formula is C14H24N2O2. The summed E-state index contributed by atoms with van der Waals surface area (Å²) in [5.41, 5.74) is 0. The molecule has 1 heterocycles. The van der Waals surface area contributed by atoms with E-state index in [9.17, 15) is 9.59 Å². The Hall–Kier alpha value is -1.06. The Morgan fingerprint density at radius 1 is 1.33 bits per heavy atom. The van der Waals surface area contributed by atoms with E-state index in [0.29, 0.717) is 31.3 Å². The number of amides is 2. The van der Waals surface area contributed by atoms with Crippen LogP contribution >= 0.6 is 0 Å². The summed E-state index contributed by atoms with van der Waals surface area (Å²) in [6.07, 6.45) is 7.32. The number of rotatable bonds is 2. The fraction of sp³-hybridized carbons (Fsp3) is 0.857. The lowest BCUT2D eigenvalue weighted by atomic mass is 9.94. The van der Waals surface area contributed by atoms with E-state index >= 15 is 0 Å². The Bertz CT molecular complexity index is 311. The van der Waals surface area contributed by atoms with Crippen molar-refractivity contribution in [3.63, 3.8) is 0 Å². The van der Waals surface area contributed by atoms with E-state index in [-0.39, 0.29) is 11.9 Å². The van der Waals surface area contributed by atoms with E-state index in [1.807, 2.05) is 11.8 Å². The van der Waals surface area contributed by atoms with Crippen molar-refractivity contribution in [1.82, 2.24) is 10.2 Å². The monoisotopic (exact) mass is 252 g/mol. The number of hydrogen-bond acceptors (Lipinski definition) is 2. The number of hydrogen-bond donors (Lipinski definition) is 1. The molecule has 1 atom stereocenters. The van der Waals surface area contributed by atoms with Crippen molar-refractivity contribution in [3.05, 3.63) is 0 Å². The highest BCUT2D eigenvalue weighted by Crippen LogP contribution is 2.19. The minimum absolute atomic E-state index is 0.0350. The van der Waals surface area contributed by atoms with Crippen molar-refractivity contribution in [2.24, 2.45) is 5.92 Å². The van der Waals surface area contributed by atoms with Gasteiger partial charge in [0.25, 0.3) is 0 Å². The van der Waals surface area contributed by atoms with Crippen molar-refractivity contribution >= 4 is 11.8 Å².